The van der Waals surface area contributed by atoms with E-state index in [1.54, 1.807) is 0 Å². The van der Waals surface area contributed by atoms with Crippen molar-refractivity contribution in [2.75, 3.05) is 13.1 Å². The first-order valence-electron chi connectivity index (χ1n) is 6.69. The molecule has 1 aromatic heterocycles. The van der Waals surface area contributed by atoms with Crippen LogP contribution >= 0.6 is 11.3 Å². The Morgan fingerprint density at radius 1 is 1.25 bits per heavy atom. The second kappa shape index (κ2) is 5.73. The molecule has 104 valence electrons. The molecule has 2 aromatic rings. The van der Waals surface area contributed by atoms with Gasteiger partial charge in [0, 0.05) is 25.0 Å². The Balaban J connectivity index is 1.66. The van der Waals surface area contributed by atoms with Crippen LogP contribution in [0.25, 0.3) is 0 Å². The number of carbonyl (C=O) groups is 1. The maximum Gasteiger partial charge on any atom is 0.365 e. The highest BCUT2D eigenvalue weighted by atomic mass is 32.1. The SMILES string of the molecule is O=C(O)c1nc(CN2CCc3ccccc3CC2)cs1. The second-order valence-electron chi connectivity index (χ2n) is 4.99. The number of benzene rings is 1. The van der Waals surface area contributed by atoms with Gasteiger partial charge in [0.1, 0.15) is 0 Å². The number of nitrogens with zero attached hydrogens (tertiary/aromatic N) is 2. The van der Waals surface area contributed by atoms with E-state index in [1.165, 1.54) is 22.5 Å². The molecule has 1 aliphatic heterocycles. The van der Waals surface area contributed by atoms with Crippen LogP contribution in [0.4, 0.5) is 0 Å². The van der Waals surface area contributed by atoms with E-state index in [-0.39, 0.29) is 5.01 Å². The molecule has 0 fully saturated rings. The fourth-order valence-electron chi connectivity index (χ4n) is 2.58. The van der Waals surface area contributed by atoms with Crippen molar-refractivity contribution in [3.05, 3.63) is 51.5 Å². The summed E-state index contributed by atoms with van der Waals surface area (Å²) < 4.78 is 0. The van der Waals surface area contributed by atoms with Gasteiger partial charge in [-0.15, -0.1) is 11.3 Å². The number of rotatable bonds is 3. The van der Waals surface area contributed by atoms with Crippen molar-refractivity contribution < 1.29 is 9.90 Å². The number of hydrogen-bond donors (Lipinski definition) is 1. The summed E-state index contributed by atoms with van der Waals surface area (Å²) in [6.07, 6.45) is 2.10. The molecule has 1 aromatic carbocycles. The van der Waals surface area contributed by atoms with Crippen LogP contribution in [-0.2, 0) is 19.4 Å². The van der Waals surface area contributed by atoms with E-state index in [9.17, 15) is 4.79 Å². The van der Waals surface area contributed by atoms with Gasteiger partial charge in [-0.05, 0) is 24.0 Å². The first-order chi connectivity index (χ1) is 9.72. The molecule has 20 heavy (non-hydrogen) atoms. The average molecular weight is 288 g/mol. The van der Waals surface area contributed by atoms with Crippen LogP contribution in [0.3, 0.4) is 0 Å². The topological polar surface area (TPSA) is 53.4 Å². The Kier molecular flexibility index (Phi) is 3.80. The number of carboxylic acids is 1. The minimum Gasteiger partial charge on any atom is -0.476 e. The quantitative estimate of drug-likeness (QED) is 0.942. The summed E-state index contributed by atoms with van der Waals surface area (Å²) in [7, 11) is 0. The minimum atomic E-state index is -0.940. The third kappa shape index (κ3) is 2.89. The van der Waals surface area contributed by atoms with Gasteiger partial charge in [0.25, 0.3) is 0 Å². The van der Waals surface area contributed by atoms with Crippen LogP contribution in [0.5, 0.6) is 0 Å². The number of carboxylic acid groups (broad SMARTS) is 1. The van der Waals surface area contributed by atoms with E-state index in [0.717, 1.165) is 38.2 Å². The zero-order valence-electron chi connectivity index (χ0n) is 11.1. The smallest absolute Gasteiger partial charge is 0.365 e. The molecule has 1 N–H and O–H groups in total. The molecule has 0 unspecified atom stereocenters. The first-order valence-corrected chi connectivity index (χ1v) is 7.57. The summed E-state index contributed by atoms with van der Waals surface area (Å²) >= 11 is 1.20. The third-order valence-corrected chi connectivity index (χ3v) is 4.51. The van der Waals surface area contributed by atoms with Gasteiger partial charge < -0.3 is 5.11 Å². The van der Waals surface area contributed by atoms with Crippen LogP contribution in [0, 0.1) is 0 Å². The molecule has 4 nitrogen and oxygen atoms in total. The predicted molar refractivity (Wildman–Crippen MR) is 78.2 cm³/mol. The van der Waals surface area contributed by atoms with E-state index >= 15 is 0 Å². The van der Waals surface area contributed by atoms with Crippen molar-refractivity contribution >= 4 is 17.3 Å². The molecule has 3 rings (SSSR count). The molecule has 0 saturated heterocycles. The Morgan fingerprint density at radius 3 is 2.45 bits per heavy atom. The van der Waals surface area contributed by atoms with Crippen molar-refractivity contribution in [2.45, 2.75) is 19.4 Å². The van der Waals surface area contributed by atoms with Gasteiger partial charge in [-0.1, -0.05) is 24.3 Å². The summed E-state index contributed by atoms with van der Waals surface area (Å²) in [6.45, 7) is 2.73. The summed E-state index contributed by atoms with van der Waals surface area (Å²) in [4.78, 5) is 17.4. The van der Waals surface area contributed by atoms with E-state index in [0.29, 0.717) is 0 Å². The fraction of sp³-hybridized carbons (Fsp3) is 0.333. The molecule has 2 heterocycles. The highest BCUT2D eigenvalue weighted by Crippen LogP contribution is 2.18. The van der Waals surface area contributed by atoms with Gasteiger partial charge in [0.15, 0.2) is 0 Å². The zero-order valence-corrected chi connectivity index (χ0v) is 11.9. The van der Waals surface area contributed by atoms with E-state index in [4.69, 9.17) is 5.11 Å². The maximum atomic E-state index is 10.8. The Hall–Kier alpha value is -1.72. The molecular formula is C15H16N2O2S. The summed E-state index contributed by atoms with van der Waals surface area (Å²) in [5.41, 5.74) is 3.72. The van der Waals surface area contributed by atoms with Crippen molar-refractivity contribution in [3.63, 3.8) is 0 Å². The number of aromatic carboxylic acids is 1. The largest absolute Gasteiger partial charge is 0.476 e. The van der Waals surface area contributed by atoms with E-state index in [2.05, 4.69) is 34.1 Å². The summed E-state index contributed by atoms with van der Waals surface area (Å²) in [6, 6.07) is 8.58. The fourth-order valence-corrected chi connectivity index (χ4v) is 3.22. The standard InChI is InChI=1S/C15H16N2O2S/c18-15(19)14-16-13(10-20-14)9-17-7-5-11-3-1-2-4-12(11)6-8-17/h1-4,10H,5-9H2,(H,18,19). The maximum absolute atomic E-state index is 10.8. The second-order valence-corrected chi connectivity index (χ2v) is 5.85. The molecule has 5 heteroatoms. The van der Waals surface area contributed by atoms with Crippen LogP contribution in [0.15, 0.2) is 29.6 Å². The lowest BCUT2D eigenvalue weighted by molar-refractivity contribution is 0.0696. The number of aromatic nitrogens is 1. The van der Waals surface area contributed by atoms with Gasteiger partial charge in [-0.25, -0.2) is 9.78 Å². The predicted octanol–water partition coefficient (Wildman–Crippen LogP) is 2.44. The number of thiazole rings is 1. The first kappa shape index (κ1) is 13.3. The molecule has 0 radical (unpaired) electrons. The van der Waals surface area contributed by atoms with Gasteiger partial charge in [-0.3, -0.25) is 4.90 Å². The van der Waals surface area contributed by atoms with Crippen LogP contribution in [0.2, 0.25) is 0 Å². The summed E-state index contributed by atoms with van der Waals surface area (Å²) in [5.74, 6) is -0.940. The van der Waals surface area contributed by atoms with Crippen molar-refractivity contribution in [2.24, 2.45) is 0 Å². The van der Waals surface area contributed by atoms with Crippen molar-refractivity contribution in [1.82, 2.24) is 9.88 Å². The Labute approximate surface area is 121 Å². The van der Waals surface area contributed by atoms with Gasteiger partial charge in [0.05, 0.1) is 5.69 Å². The van der Waals surface area contributed by atoms with Crippen LogP contribution in [0.1, 0.15) is 26.6 Å². The Bertz CT molecular complexity index is 597. The number of hydrogen-bond acceptors (Lipinski definition) is 4. The lowest BCUT2D eigenvalue weighted by atomic mass is 10.0. The van der Waals surface area contributed by atoms with Crippen LogP contribution in [-0.4, -0.2) is 34.0 Å². The van der Waals surface area contributed by atoms with Gasteiger partial charge >= 0.3 is 5.97 Å². The zero-order chi connectivity index (χ0) is 13.9. The van der Waals surface area contributed by atoms with Crippen molar-refractivity contribution in [1.29, 1.82) is 0 Å². The molecule has 0 amide bonds. The number of fused-ring (bicyclic) bond motifs is 1. The normalized spacial score (nSPS) is 15.6. The molecular weight excluding hydrogens is 272 g/mol. The van der Waals surface area contributed by atoms with E-state index < -0.39 is 5.97 Å². The monoisotopic (exact) mass is 288 g/mol. The molecule has 0 bridgehead atoms. The highest BCUT2D eigenvalue weighted by molar-refractivity contribution is 7.11. The molecule has 0 atom stereocenters. The molecule has 1 aliphatic rings. The third-order valence-electron chi connectivity index (χ3n) is 3.63. The molecule has 0 saturated carbocycles. The van der Waals surface area contributed by atoms with Crippen LogP contribution < -0.4 is 0 Å². The lowest BCUT2D eigenvalue weighted by Crippen LogP contribution is -2.26. The van der Waals surface area contributed by atoms with E-state index in [1.807, 2.05) is 5.38 Å². The van der Waals surface area contributed by atoms with Gasteiger partial charge in [0.2, 0.25) is 5.01 Å². The van der Waals surface area contributed by atoms with Gasteiger partial charge in [-0.2, -0.15) is 0 Å². The average Bonchev–Trinajstić information content (AvgIpc) is 2.82. The Morgan fingerprint density at radius 2 is 1.90 bits per heavy atom. The lowest BCUT2D eigenvalue weighted by Gasteiger charge is -2.18. The minimum absolute atomic E-state index is 0.179. The molecule has 0 spiro atoms. The van der Waals surface area contributed by atoms with Crippen molar-refractivity contribution in [3.8, 4) is 0 Å². The molecule has 0 aliphatic carbocycles. The highest BCUT2D eigenvalue weighted by Gasteiger charge is 2.16. The summed E-state index contributed by atoms with van der Waals surface area (Å²) in [5, 5.41) is 10.9.